The van der Waals surface area contributed by atoms with Crippen molar-refractivity contribution in [3.05, 3.63) is 21.0 Å². The summed E-state index contributed by atoms with van der Waals surface area (Å²) in [5, 5.41) is 7.16. The molecular weight excluding hydrogens is 326 g/mol. The second-order valence-electron chi connectivity index (χ2n) is 5.28. The maximum atomic E-state index is 12.0. The van der Waals surface area contributed by atoms with Gasteiger partial charge in [0, 0.05) is 6.54 Å². The maximum Gasteiger partial charge on any atom is 0.327 e. The molecular formula is C13H20BrN3O3. The first-order chi connectivity index (χ1) is 9.30. The Morgan fingerprint density at radius 1 is 1.55 bits per heavy atom. The molecule has 0 unspecified atom stereocenters. The van der Waals surface area contributed by atoms with Crippen LogP contribution in [0, 0.1) is 5.41 Å². The summed E-state index contributed by atoms with van der Waals surface area (Å²) in [6.07, 6.45) is 2.55. The van der Waals surface area contributed by atoms with Crippen LogP contribution in [0.25, 0.3) is 0 Å². The first-order valence-electron chi connectivity index (χ1n) is 6.37. The van der Waals surface area contributed by atoms with Gasteiger partial charge in [-0.3, -0.25) is 9.59 Å². The van der Waals surface area contributed by atoms with Crippen molar-refractivity contribution in [2.24, 2.45) is 5.41 Å². The minimum Gasteiger partial charge on any atom is -0.468 e. The third-order valence-electron chi connectivity index (χ3n) is 3.21. The Kier molecular flexibility index (Phi) is 5.74. The number of hydrogen-bond acceptors (Lipinski definition) is 5. The van der Waals surface area contributed by atoms with Crippen molar-refractivity contribution in [1.29, 1.82) is 0 Å². The summed E-state index contributed by atoms with van der Waals surface area (Å²) in [7, 11) is 1.27. The van der Waals surface area contributed by atoms with Gasteiger partial charge < -0.3 is 10.1 Å². The van der Waals surface area contributed by atoms with Gasteiger partial charge in [0.15, 0.2) is 0 Å². The smallest absolute Gasteiger partial charge is 0.327 e. The Balaban J connectivity index is 2.89. The van der Waals surface area contributed by atoms with Gasteiger partial charge in [0.05, 0.1) is 19.0 Å². The highest BCUT2D eigenvalue weighted by Gasteiger charge is 2.17. The van der Waals surface area contributed by atoms with Crippen LogP contribution < -0.4 is 10.9 Å². The third kappa shape index (κ3) is 4.33. The number of esters is 1. The fourth-order valence-electron chi connectivity index (χ4n) is 1.35. The van der Waals surface area contributed by atoms with Crippen molar-refractivity contribution in [3.63, 3.8) is 0 Å². The molecule has 0 saturated heterocycles. The molecule has 0 aromatic carbocycles. The van der Waals surface area contributed by atoms with Gasteiger partial charge in [0.2, 0.25) is 0 Å². The largest absolute Gasteiger partial charge is 0.468 e. The molecule has 0 saturated carbocycles. The summed E-state index contributed by atoms with van der Waals surface area (Å²) >= 11 is 3.24. The molecule has 0 spiro atoms. The van der Waals surface area contributed by atoms with E-state index in [0.717, 1.165) is 17.6 Å². The Labute approximate surface area is 126 Å². The lowest BCUT2D eigenvalue weighted by Crippen LogP contribution is -2.29. The number of methoxy groups -OCH3 is 1. The second kappa shape index (κ2) is 6.88. The summed E-state index contributed by atoms with van der Waals surface area (Å²) in [6.45, 7) is 6.92. The first kappa shape index (κ1) is 16.7. The van der Waals surface area contributed by atoms with Crippen molar-refractivity contribution in [2.75, 3.05) is 19.0 Å². The average molecular weight is 346 g/mol. The van der Waals surface area contributed by atoms with E-state index in [1.165, 1.54) is 13.3 Å². The van der Waals surface area contributed by atoms with Gasteiger partial charge in [-0.05, 0) is 27.8 Å². The van der Waals surface area contributed by atoms with Gasteiger partial charge in [-0.1, -0.05) is 20.8 Å². The van der Waals surface area contributed by atoms with E-state index in [-0.39, 0.29) is 17.5 Å². The second-order valence-corrected chi connectivity index (χ2v) is 6.08. The molecule has 1 heterocycles. The van der Waals surface area contributed by atoms with Gasteiger partial charge in [-0.25, -0.2) is 4.68 Å². The van der Waals surface area contributed by atoms with Crippen molar-refractivity contribution < 1.29 is 9.53 Å². The lowest BCUT2D eigenvalue weighted by Gasteiger charge is -2.23. The van der Waals surface area contributed by atoms with Gasteiger partial charge in [-0.15, -0.1) is 0 Å². The van der Waals surface area contributed by atoms with Crippen LogP contribution in [0.5, 0.6) is 0 Å². The van der Waals surface area contributed by atoms with Gasteiger partial charge in [0.25, 0.3) is 5.56 Å². The fourth-order valence-corrected chi connectivity index (χ4v) is 1.79. The molecule has 0 amide bonds. The van der Waals surface area contributed by atoms with E-state index in [1.807, 2.05) is 0 Å². The molecule has 6 nitrogen and oxygen atoms in total. The number of halogens is 1. The summed E-state index contributed by atoms with van der Waals surface area (Å²) in [5.74, 6) is -0.515. The Bertz CT molecular complexity index is 540. The van der Waals surface area contributed by atoms with Crippen molar-refractivity contribution in [3.8, 4) is 0 Å². The van der Waals surface area contributed by atoms with E-state index in [2.05, 4.69) is 51.9 Å². The van der Waals surface area contributed by atoms with Crippen LogP contribution in [-0.2, 0) is 16.1 Å². The molecule has 0 fully saturated rings. The number of hydrogen-bond donors (Lipinski definition) is 1. The SMILES string of the molecule is CCC(C)(C)CNc1cnn(CC(=O)OC)c(=O)c1Br. The Hall–Kier alpha value is -1.37. The minimum atomic E-state index is -0.515. The Morgan fingerprint density at radius 2 is 2.20 bits per heavy atom. The molecule has 0 atom stereocenters. The number of carbonyl (C=O) groups is 1. The predicted octanol–water partition coefficient (Wildman–Crippen LogP) is 2.03. The molecule has 0 aliphatic carbocycles. The van der Waals surface area contributed by atoms with Crippen LogP contribution in [0.3, 0.4) is 0 Å². The van der Waals surface area contributed by atoms with E-state index in [1.54, 1.807) is 0 Å². The zero-order valence-corrected chi connectivity index (χ0v) is 13.8. The molecule has 1 aromatic heterocycles. The quantitative estimate of drug-likeness (QED) is 0.798. The van der Waals surface area contributed by atoms with Gasteiger partial charge in [-0.2, -0.15) is 5.10 Å². The lowest BCUT2D eigenvalue weighted by atomic mass is 9.90. The molecule has 112 valence electrons. The molecule has 0 bridgehead atoms. The zero-order chi connectivity index (χ0) is 15.3. The molecule has 1 N–H and O–H groups in total. The van der Waals surface area contributed by atoms with Crippen LogP contribution in [0.1, 0.15) is 27.2 Å². The highest BCUT2D eigenvalue weighted by atomic mass is 79.9. The van der Waals surface area contributed by atoms with Crippen LogP contribution in [-0.4, -0.2) is 29.4 Å². The monoisotopic (exact) mass is 345 g/mol. The number of anilines is 1. The van der Waals surface area contributed by atoms with E-state index in [4.69, 9.17) is 0 Å². The summed E-state index contributed by atoms with van der Waals surface area (Å²) < 4.78 is 5.94. The van der Waals surface area contributed by atoms with Crippen molar-refractivity contribution in [2.45, 2.75) is 33.7 Å². The molecule has 0 aliphatic rings. The van der Waals surface area contributed by atoms with E-state index >= 15 is 0 Å². The van der Waals surface area contributed by atoms with Crippen LogP contribution in [0.4, 0.5) is 5.69 Å². The lowest BCUT2D eigenvalue weighted by molar-refractivity contribution is -0.141. The number of nitrogens with one attached hydrogen (secondary N) is 1. The molecule has 0 aliphatic heterocycles. The molecule has 1 aromatic rings. The number of aromatic nitrogens is 2. The summed E-state index contributed by atoms with van der Waals surface area (Å²) in [4.78, 5) is 23.2. The molecule has 1 rings (SSSR count). The van der Waals surface area contributed by atoms with Gasteiger partial charge in [0.1, 0.15) is 11.0 Å². The number of rotatable bonds is 6. The number of nitrogens with zero attached hydrogens (tertiary/aromatic N) is 2. The van der Waals surface area contributed by atoms with Crippen LogP contribution in [0.2, 0.25) is 0 Å². The number of ether oxygens (including phenoxy) is 1. The summed E-state index contributed by atoms with van der Waals surface area (Å²) in [5.41, 5.74) is 0.382. The standard InChI is InChI=1S/C13H20BrN3O3/c1-5-13(2,3)8-15-9-6-16-17(7-10(18)20-4)12(19)11(9)14/h6,15H,5,7-8H2,1-4H3. The first-order valence-corrected chi connectivity index (χ1v) is 7.16. The topological polar surface area (TPSA) is 73.2 Å². The maximum absolute atomic E-state index is 12.0. The highest BCUT2D eigenvalue weighted by Crippen LogP contribution is 2.22. The normalized spacial score (nSPS) is 11.2. The molecule has 20 heavy (non-hydrogen) atoms. The third-order valence-corrected chi connectivity index (χ3v) is 3.97. The Morgan fingerprint density at radius 3 is 2.75 bits per heavy atom. The van der Waals surface area contributed by atoms with E-state index in [9.17, 15) is 9.59 Å². The van der Waals surface area contributed by atoms with Crippen molar-refractivity contribution >= 4 is 27.6 Å². The molecule has 0 radical (unpaired) electrons. The predicted molar refractivity (Wildman–Crippen MR) is 80.8 cm³/mol. The van der Waals surface area contributed by atoms with E-state index in [0.29, 0.717) is 10.2 Å². The zero-order valence-electron chi connectivity index (χ0n) is 12.2. The molecule has 7 heteroatoms. The van der Waals surface area contributed by atoms with Gasteiger partial charge >= 0.3 is 5.97 Å². The minimum absolute atomic E-state index is 0.125. The fraction of sp³-hybridized carbons (Fsp3) is 0.615. The van der Waals surface area contributed by atoms with Crippen molar-refractivity contribution in [1.82, 2.24) is 9.78 Å². The van der Waals surface area contributed by atoms with Crippen LogP contribution >= 0.6 is 15.9 Å². The van der Waals surface area contributed by atoms with E-state index < -0.39 is 5.97 Å². The number of carbonyl (C=O) groups excluding carboxylic acids is 1. The highest BCUT2D eigenvalue weighted by molar-refractivity contribution is 9.10. The average Bonchev–Trinajstić information content (AvgIpc) is 2.43. The summed E-state index contributed by atoms with van der Waals surface area (Å²) in [6, 6.07) is 0. The van der Waals surface area contributed by atoms with Crippen LogP contribution in [0.15, 0.2) is 15.5 Å².